The molecule has 2 aromatic carbocycles. The number of benzene rings is 2. The Kier molecular flexibility index (Phi) is 7.81. The number of hydrogen-bond acceptors (Lipinski definition) is 6. The zero-order valence-electron chi connectivity index (χ0n) is 15.8. The zero-order valence-corrected chi connectivity index (χ0v) is 17.9. The maximum atomic E-state index is 14.2. The van der Waals surface area contributed by atoms with Gasteiger partial charge in [-0.2, -0.15) is 13.2 Å². The van der Waals surface area contributed by atoms with Crippen molar-refractivity contribution in [2.75, 3.05) is 19.5 Å². The van der Waals surface area contributed by atoms with Crippen LogP contribution in [0.25, 0.3) is 0 Å². The molecule has 12 heteroatoms. The molecule has 2 aromatic rings. The summed E-state index contributed by atoms with van der Waals surface area (Å²) < 4.78 is 81.3. The summed E-state index contributed by atoms with van der Waals surface area (Å²) in [7, 11) is 2.12. The van der Waals surface area contributed by atoms with Crippen molar-refractivity contribution in [3.05, 3.63) is 62.9 Å². The molecular formula is C19H13F5INO5. The lowest BCUT2D eigenvalue weighted by Crippen LogP contribution is -2.16. The predicted octanol–water partition coefficient (Wildman–Crippen LogP) is 5.02. The van der Waals surface area contributed by atoms with Gasteiger partial charge in [0.1, 0.15) is 5.70 Å². The van der Waals surface area contributed by atoms with Crippen LogP contribution in [0.3, 0.4) is 0 Å². The van der Waals surface area contributed by atoms with Crippen molar-refractivity contribution >= 4 is 40.2 Å². The summed E-state index contributed by atoms with van der Waals surface area (Å²) in [6.45, 7) is 0. The standard InChI is InChI=1S/C19H13F5INO5/c1-29-16(27)8-14(18(28)30-2)26-13-4-3-10(25)7-15(13)31-17-11(20)5-9(6-12(17)21)19(22,23)24/h3-8,26H,1-2H3/b14-8+. The molecule has 0 bridgehead atoms. The molecule has 0 aromatic heterocycles. The van der Waals surface area contributed by atoms with Crippen molar-refractivity contribution < 1.29 is 45.8 Å². The molecule has 0 saturated carbocycles. The van der Waals surface area contributed by atoms with Gasteiger partial charge in [0, 0.05) is 3.57 Å². The smallest absolute Gasteiger partial charge is 0.416 e. The summed E-state index contributed by atoms with van der Waals surface area (Å²) in [5, 5.41) is 2.52. The fourth-order valence-corrected chi connectivity index (χ4v) is 2.66. The van der Waals surface area contributed by atoms with Crippen molar-refractivity contribution in [3.8, 4) is 11.5 Å². The van der Waals surface area contributed by atoms with Crippen LogP contribution in [-0.4, -0.2) is 26.2 Å². The first kappa shape index (κ1) is 24.4. The Bertz CT molecular complexity index is 1020. The van der Waals surface area contributed by atoms with Crippen LogP contribution in [0.1, 0.15) is 5.56 Å². The first-order valence-electron chi connectivity index (χ1n) is 8.15. The maximum absolute atomic E-state index is 14.2. The molecule has 0 amide bonds. The van der Waals surface area contributed by atoms with Gasteiger partial charge in [-0.25, -0.2) is 18.4 Å². The number of methoxy groups -OCH3 is 2. The molecule has 0 aliphatic carbocycles. The average molecular weight is 557 g/mol. The minimum Gasteiger partial charge on any atom is -0.466 e. The molecule has 0 spiro atoms. The zero-order chi connectivity index (χ0) is 23.3. The highest BCUT2D eigenvalue weighted by molar-refractivity contribution is 14.1. The average Bonchev–Trinajstić information content (AvgIpc) is 2.70. The van der Waals surface area contributed by atoms with Crippen molar-refractivity contribution in [2.24, 2.45) is 0 Å². The number of rotatable bonds is 6. The van der Waals surface area contributed by atoms with E-state index >= 15 is 0 Å². The quantitative estimate of drug-likeness (QED) is 0.233. The van der Waals surface area contributed by atoms with E-state index in [1.54, 1.807) is 0 Å². The summed E-state index contributed by atoms with van der Waals surface area (Å²) in [6.07, 6.45) is -4.18. The topological polar surface area (TPSA) is 73.9 Å². The third kappa shape index (κ3) is 6.29. The highest BCUT2D eigenvalue weighted by atomic mass is 127. The molecule has 0 radical (unpaired) electrons. The third-order valence-electron chi connectivity index (χ3n) is 3.62. The van der Waals surface area contributed by atoms with Crippen LogP contribution < -0.4 is 10.1 Å². The Morgan fingerprint density at radius 1 is 1.03 bits per heavy atom. The molecule has 0 aliphatic heterocycles. The molecule has 2 rings (SSSR count). The molecule has 0 heterocycles. The number of ether oxygens (including phenoxy) is 3. The van der Waals surface area contributed by atoms with E-state index in [1.807, 2.05) is 22.6 Å². The van der Waals surface area contributed by atoms with E-state index in [1.165, 1.54) is 18.2 Å². The summed E-state index contributed by atoms with van der Waals surface area (Å²) in [4.78, 5) is 23.4. The first-order chi connectivity index (χ1) is 14.5. The van der Waals surface area contributed by atoms with Gasteiger partial charge >= 0.3 is 18.1 Å². The number of carbonyl (C=O) groups is 2. The largest absolute Gasteiger partial charge is 0.466 e. The minimum absolute atomic E-state index is 0.0420. The van der Waals surface area contributed by atoms with Gasteiger partial charge in [0.05, 0.1) is 31.5 Å². The van der Waals surface area contributed by atoms with Crippen molar-refractivity contribution in [1.82, 2.24) is 0 Å². The molecule has 0 fully saturated rings. The summed E-state index contributed by atoms with van der Waals surface area (Å²) >= 11 is 1.85. The molecule has 0 unspecified atom stereocenters. The lowest BCUT2D eigenvalue weighted by atomic mass is 10.2. The Morgan fingerprint density at radius 3 is 2.16 bits per heavy atom. The van der Waals surface area contributed by atoms with Gasteiger partial charge in [0.15, 0.2) is 23.1 Å². The maximum Gasteiger partial charge on any atom is 0.416 e. The molecule has 1 N–H and O–H groups in total. The molecule has 0 aliphatic rings. The minimum atomic E-state index is -4.96. The highest BCUT2D eigenvalue weighted by Crippen LogP contribution is 2.38. The normalized spacial score (nSPS) is 11.7. The van der Waals surface area contributed by atoms with Crippen LogP contribution in [0.2, 0.25) is 0 Å². The summed E-state index contributed by atoms with van der Waals surface area (Å²) in [5.41, 5.74) is -1.96. The van der Waals surface area contributed by atoms with Crippen LogP contribution in [-0.2, 0) is 25.2 Å². The number of esters is 2. The number of hydrogen-bond donors (Lipinski definition) is 1. The summed E-state index contributed by atoms with van der Waals surface area (Å²) in [5.74, 6) is -6.38. The SMILES string of the molecule is COC(=O)/C=C(/Nc1ccc(I)cc1Oc1c(F)cc(C(F)(F)F)cc1F)C(=O)OC. The number of anilines is 1. The van der Waals surface area contributed by atoms with Gasteiger partial charge in [-0.05, 0) is 52.9 Å². The second kappa shape index (κ2) is 9.94. The van der Waals surface area contributed by atoms with Crippen LogP contribution >= 0.6 is 22.6 Å². The van der Waals surface area contributed by atoms with E-state index in [0.717, 1.165) is 20.3 Å². The van der Waals surface area contributed by atoms with Crippen molar-refractivity contribution in [2.45, 2.75) is 6.18 Å². The number of alkyl halides is 3. The van der Waals surface area contributed by atoms with Gasteiger partial charge in [0.2, 0.25) is 0 Å². The lowest BCUT2D eigenvalue weighted by Gasteiger charge is -2.16. The highest BCUT2D eigenvalue weighted by Gasteiger charge is 2.33. The van der Waals surface area contributed by atoms with E-state index in [4.69, 9.17) is 4.74 Å². The van der Waals surface area contributed by atoms with Gasteiger partial charge in [-0.3, -0.25) is 0 Å². The third-order valence-corrected chi connectivity index (χ3v) is 4.29. The van der Waals surface area contributed by atoms with Crippen LogP contribution in [0, 0.1) is 15.2 Å². The lowest BCUT2D eigenvalue weighted by molar-refractivity contribution is -0.138. The molecule has 0 atom stereocenters. The van der Waals surface area contributed by atoms with Crippen LogP contribution in [0.15, 0.2) is 42.1 Å². The Hall–Kier alpha value is -2.90. The van der Waals surface area contributed by atoms with E-state index in [0.29, 0.717) is 3.57 Å². The van der Waals surface area contributed by atoms with Crippen molar-refractivity contribution in [3.63, 3.8) is 0 Å². The first-order valence-corrected chi connectivity index (χ1v) is 9.22. The van der Waals surface area contributed by atoms with Gasteiger partial charge in [-0.15, -0.1) is 0 Å². The van der Waals surface area contributed by atoms with Gasteiger partial charge in [-0.1, -0.05) is 0 Å². The van der Waals surface area contributed by atoms with Crippen LogP contribution in [0.5, 0.6) is 11.5 Å². The fourth-order valence-electron chi connectivity index (χ4n) is 2.19. The molecule has 166 valence electrons. The summed E-state index contributed by atoms with van der Waals surface area (Å²) in [6, 6.07) is 4.37. The molecule has 0 saturated heterocycles. The monoisotopic (exact) mass is 557 g/mol. The van der Waals surface area contributed by atoms with E-state index in [-0.39, 0.29) is 23.6 Å². The Labute approximate surface area is 186 Å². The second-order valence-corrected chi connectivity index (χ2v) is 6.95. The molecule has 6 nitrogen and oxygen atoms in total. The fraction of sp³-hybridized carbons (Fsp3) is 0.158. The Balaban J connectivity index is 2.48. The molecular weight excluding hydrogens is 544 g/mol. The van der Waals surface area contributed by atoms with E-state index in [2.05, 4.69) is 14.8 Å². The van der Waals surface area contributed by atoms with Gasteiger partial charge < -0.3 is 19.5 Å². The number of halogens is 6. The molecule has 31 heavy (non-hydrogen) atoms. The van der Waals surface area contributed by atoms with E-state index < -0.39 is 46.8 Å². The number of nitrogens with one attached hydrogen (secondary N) is 1. The van der Waals surface area contributed by atoms with Crippen molar-refractivity contribution in [1.29, 1.82) is 0 Å². The second-order valence-electron chi connectivity index (χ2n) is 5.71. The number of carbonyl (C=O) groups excluding carboxylic acids is 2. The predicted molar refractivity (Wildman–Crippen MR) is 106 cm³/mol. The Morgan fingerprint density at radius 2 is 1.65 bits per heavy atom. The van der Waals surface area contributed by atoms with E-state index in [9.17, 15) is 31.5 Å². The van der Waals surface area contributed by atoms with Crippen LogP contribution in [0.4, 0.5) is 27.6 Å². The van der Waals surface area contributed by atoms with Gasteiger partial charge in [0.25, 0.3) is 0 Å².